The van der Waals surface area contributed by atoms with Gasteiger partial charge in [0.2, 0.25) is 0 Å². The molecular formula is C25H21FN6O. The number of hydrogen-bond donors (Lipinski definition) is 3. The van der Waals surface area contributed by atoms with Crippen LogP contribution < -0.4 is 4.74 Å². The van der Waals surface area contributed by atoms with Crippen molar-refractivity contribution in [2.24, 2.45) is 0 Å². The average molecular weight is 440 g/mol. The number of nitrogens with zero attached hydrogens (tertiary/aromatic N) is 3. The van der Waals surface area contributed by atoms with Gasteiger partial charge in [-0.15, -0.1) is 0 Å². The van der Waals surface area contributed by atoms with Crippen molar-refractivity contribution in [3.63, 3.8) is 0 Å². The molecule has 3 N–H and O–H groups in total. The van der Waals surface area contributed by atoms with E-state index in [4.69, 9.17) is 4.74 Å². The number of hydrogen-bond acceptors (Lipinski definition) is 4. The number of H-pyrrole nitrogens is 3. The number of rotatable bonds is 6. The highest BCUT2D eigenvalue weighted by atomic mass is 19.1. The number of ether oxygens (including phenoxy) is 1. The first-order chi connectivity index (χ1) is 16.1. The number of nitrogens with one attached hydrogen (secondary N) is 3. The maximum absolute atomic E-state index is 14.2. The Labute approximate surface area is 189 Å². The van der Waals surface area contributed by atoms with E-state index in [1.54, 1.807) is 30.7 Å². The zero-order valence-electron chi connectivity index (χ0n) is 18.1. The quantitative estimate of drug-likeness (QED) is 0.307. The first-order valence-corrected chi connectivity index (χ1v) is 10.3. The summed E-state index contributed by atoms with van der Waals surface area (Å²) in [4.78, 5) is 7.91. The van der Waals surface area contributed by atoms with Crippen LogP contribution >= 0.6 is 0 Å². The maximum atomic E-state index is 14.2. The Hall–Kier alpha value is -4.46. The van der Waals surface area contributed by atoms with Gasteiger partial charge in [-0.3, -0.25) is 15.2 Å². The van der Waals surface area contributed by atoms with Gasteiger partial charge in [0, 0.05) is 34.5 Å². The smallest absolute Gasteiger partial charge is 0.127 e. The molecule has 0 saturated carbocycles. The minimum Gasteiger partial charge on any atom is -0.497 e. The van der Waals surface area contributed by atoms with E-state index in [1.807, 2.05) is 25.1 Å². The third-order valence-electron chi connectivity index (χ3n) is 5.50. The summed E-state index contributed by atoms with van der Waals surface area (Å²) < 4.78 is 19.5. The number of methoxy groups -OCH3 is 1. The van der Waals surface area contributed by atoms with Crippen LogP contribution in [0.5, 0.6) is 5.75 Å². The lowest BCUT2D eigenvalue weighted by Gasteiger charge is -2.09. The molecule has 0 amide bonds. The molecule has 0 atom stereocenters. The monoisotopic (exact) mass is 440 g/mol. The van der Waals surface area contributed by atoms with E-state index in [2.05, 4.69) is 36.9 Å². The van der Waals surface area contributed by atoms with E-state index in [1.165, 1.54) is 19.2 Å². The molecule has 0 aliphatic rings. The Morgan fingerprint density at radius 3 is 2.79 bits per heavy atom. The predicted octanol–water partition coefficient (Wildman–Crippen LogP) is 5.42. The van der Waals surface area contributed by atoms with Gasteiger partial charge in [-0.1, -0.05) is 18.7 Å². The molecule has 164 valence electrons. The van der Waals surface area contributed by atoms with E-state index in [0.29, 0.717) is 11.3 Å². The van der Waals surface area contributed by atoms with Crippen LogP contribution in [0.1, 0.15) is 16.8 Å². The molecular weight excluding hydrogens is 419 g/mol. The second kappa shape index (κ2) is 8.23. The molecule has 0 saturated heterocycles. The minimum absolute atomic E-state index is 0.370. The Morgan fingerprint density at radius 2 is 2.03 bits per heavy atom. The molecule has 0 spiro atoms. The number of aromatic amines is 3. The highest BCUT2D eigenvalue weighted by molar-refractivity contribution is 5.95. The van der Waals surface area contributed by atoms with Crippen molar-refractivity contribution in [2.45, 2.75) is 6.92 Å². The van der Waals surface area contributed by atoms with Crippen LogP contribution in [0, 0.1) is 12.7 Å². The SMILES string of the molecule is C=C/C=C(/c1cc(F)cc(OC)c1)c1cc(-c2n[nH]c3cnc(-c4cn[nH]c4)cc23)[nH]c1C. The van der Waals surface area contributed by atoms with E-state index in [9.17, 15) is 4.39 Å². The lowest BCUT2D eigenvalue weighted by molar-refractivity contribution is 0.411. The fourth-order valence-electron chi connectivity index (χ4n) is 3.93. The van der Waals surface area contributed by atoms with Gasteiger partial charge in [-0.25, -0.2) is 4.39 Å². The summed E-state index contributed by atoms with van der Waals surface area (Å²) in [7, 11) is 1.52. The summed E-state index contributed by atoms with van der Waals surface area (Å²) in [6, 6.07) is 8.63. The van der Waals surface area contributed by atoms with Crippen LogP contribution in [0.15, 0.2) is 67.7 Å². The van der Waals surface area contributed by atoms with E-state index >= 15 is 0 Å². The molecule has 4 heterocycles. The third kappa shape index (κ3) is 3.71. The van der Waals surface area contributed by atoms with Gasteiger partial charge in [0.05, 0.1) is 36.4 Å². The molecule has 4 aromatic heterocycles. The van der Waals surface area contributed by atoms with Crippen LogP contribution in [-0.4, -0.2) is 37.5 Å². The molecule has 0 bridgehead atoms. The summed E-state index contributed by atoms with van der Waals surface area (Å²) in [6.45, 7) is 5.81. The Balaban J connectivity index is 1.62. The summed E-state index contributed by atoms with van der Waals surface area (Å²) in [6.07, 6.45) is 8.82. The molecule has 8 heteroatoms. The molecule has 1 aromatic carbocycles. The summed E-state index contributed by atoms with van der Waals surface area (Å²) in [5, 5.41) is 15.3. The second-order valence-corrected chi connectivity index (χ2v) is 7.59. The van der Waals surface area contributed by atoms with Crippen LogP contribution in [0.4, 0.5) is 4.39 Å². The number of aromatic nitrogens is 6. The van der Waals surface area contributed by atoms with Gasteiger partial charge < -0.3 is 9.72 Å². The summed E-state index contributed by atoms with van der Waals surface area (Å²) in [5.41, 5.74) is 7.45. The number of benzene rings is 1. The van der Waals surface area contributed by atoms with Gasteiger partial charge in [-0.05, 0) is 42.3 Å². The Morgan fingerprint density at radius 1 is 1.15 bits per heavy atom. The van der Waals surface area contributed by atoms with Crippen LogP contribution in [-0.2, 0) is 0 Å². The van der Waals surface area contributed by atoms with E-state index in [-0.39, 0.29) is 5.82 Å². The summed E-state index contributed by atoms with van der Waals surface area (Å²) >= 11 is 0. The molecule has 0 unspecified atom stereocenters. The van der Waals surface area contributed by atoms with Crippen molar-refractivity contribution in [2.75, 3.05) is 7.11 Å². The fourth-order valence-corrected chi connectivity index (χ4v) is 3.93. The molecule has 0 radical (unpaired) electrons. The van der Waals surface area contributed by atoms with Gasteiger partial charge in [-0.2, -0.15) is 10.2 Å². The van der Waals surface area contributed by atoms with Crippen molar-refractivity contribution in [3.8, 4) is 28.4 Å². The van der Waals surface area contributed by atoms with E-state index < -0.39 is 0 Å². The zero-order valence-corrected chi connectivity index (χ0v) is 18.1. The van der Waals surface area contributed by atoms with Gasteiger partial charge in [0.1, 0.15) is 17.3 Å². The number of pyridine rings is 1. The highest BCUT2D eigenvalue weighted by Crippen LogP contribution is 2.34. The molecule has 0 aliphatic heterocycles. The number of fused-ring (bicyclic) bond motifs is 1. The standard InChI is InChI=1S/C25H21FN6O/c1-4-5-19(15-6-17(26)8-18(7-15)33-3)20-9-23(30-14(20)2)25-21-10-22(16-11-28-29-12-16)27-13-24(21)31-32-25/h4-13,30H,1H2,2-3H3,(H,28,29)(H,31,32)/b19-5-. The first kappa shape index (κ1) is 20.4. The van der Waals surface area contributed by atoms with Crippen molar-refractivity contribution < 1.29 is 9.13 Å². The van der Waals surface area contributed by atoms with Gasteiger partial charge in [0.15, 0.2) is 0 Å². The average Bonchev–Trinajstić information content (AvgIpc) is 3.56. The Bertz CT molecular complexity index is 1490. The van der Waals surface area contributed by atoms with Gasteiger partial charge in [0.25, 0.3) is 0 Å². The zero-order chi connectivity index (χ0) is 22.9. The second-order valence-electron chi connectivity index (χ2n) is 7.59. The number of aryl methyl sites for hydroxylation is 1. The molecule has 5 rings (SSSR count). The van der Waals surface area contributed by atoms with E-state index in [0.717, 1.165) is 50.4 Å². The van der Waals surface area contributed by atoms with Gasteiger partial charge >= 0.3 is 0 Å². The first-order valence-electron chi connectivity index (χ1n) is 10.3. The van der Waals surface area contributed by atoms with Crippen molar-refractivity contribution in [1.82, 2.24) is 30.4 Å². The molecule has 33 heavy (non-hydrogen) atoms. The molecule has 7 nitrogen and oxygen atoms in total. The normalized spacial score (nSPS) is 11.8. The molecule has 0 aliphatic carbocycles. The highest BCUT2D eigenvalue weighted by Gasteiger charge is 2.17. The van der Waals surface area contributed by atoms with Crippen molar-refractivity contribution in [1.29, 1.82) is 0 Å². The maximum Gasteiger partial charge on any atom is 0.127 e. The van der Waals surface area contributed by atoms with Crippen molar-refractivity contribution >= 4 is 16.5 Å². The number of allylic oxidation sites excluding steroid dienone is 2. The fraction of sp³-hybridized carbons (Fsp3) is 0.0800. The third-order valence-corrected chi connectivity index (χ3v) is 5.50. The topological polar surface area (TPSA) is 95.3 Å². The number of halogens is 1. The Kier molecular flexibility index (Phi) is 5.10. The summed E-state index contributed by atoms with van der Waals surface area (Å²) in [5.74, 6) is 0.0799. The molecule has 0 fully saturated rings. The predicted molar refractivity (Wildman–Crippen MR) is 126 cm³/mol. The minimum atomic E-state index is -0.370. The lowest BCUT2D eigenvalue weighted by atomic mass is 9.97. The van der Waals surface area contributed by atoms with Crippen LogP contribution in [0.3, 0.4) is 0 Å². The molecule has 5 aromatic rings. The van der Waals surface area contributed by atoms with Crippen molar-refractivity contribution in [3.05, 3.63) is 90.3 Å². The van der Waals surface area contributed by atoms with Crippen LogP contribution in [0.2, 0.25) is 0 Å². The largest absolute Gasteiger partial charge is 0.497 e. The van der Waals surface area contributed by atoms with Crippen LogP contribution in [0.25, 0.3) is 39.1 Å². The lowest BCUT2D eigenvalue weighted by Crippen LogP contribution is -1.92.